The summed E-state index contributed by atoms with van der Waals surface area (Å²) in [7, 11) is 1.57. The van der Waals surface area contributed by atoms with Gasteiger partial charge in [0.2, 0.25) is 0 Å². The van der Waals surface area contributed by atoms with E-state index in [2.05, 4.69) is 5.32 Å². The number of halogens is 1. The summed E-state index contributed by atoms with van der Waals surface area (Å²) in [5.41, 5.74) is 0.985. The van der Waals surface area contributed by atoms with E-state index in [9.17, 15) is 9.90 Å². The molecular formula is C13H17ClN2O3. The van der Waals surface area contributed by atoms with Crippen LogP contribution in [0.1, 0.15) is 5.56 Å². The number of nitrogens with one attached hydrogen (secondary N) is 1. The molecule has 5 nitrogen and oxygen atoms in total. The molecule has 2 N–H and O–H groups in total. The van der Waals surface area contributed by atoms with Gasteiger partial charge in [0.15, 0.2) is 0 Å². The van der Waals surface area contributed by atoms with Gasteiger partial charge in [-0.2, -0.15) is 0 Å². The maximum atomic E-state index is 11.2. The molecule has 0 saturated carbocycles. The molecular weight excluding hydrogens is 268 g/mol. The number of piperazine rings is 1. The molecule has 0 aromatic heterocycles. The first-order valence-electron chi connectivity index (χ1n) is 6.12. The van der Waals surface area contributed by atoms with Gasteiger partial charge in [-0.3, -0.25) is 9.69 Å². The summed E-state index contributed by atoms with van der Waals surface area (Å²) in [6.45, 7) is 2.55. The van der Waals surface area contributed by atoms with Gasteiger partial charge in [0.25, 0.3) is 0 Å². The van der Waals surface area contributed by atoms with Crippen LogP contribution in [0.5, 0.6) is 5.75 Å². The third-order valence-electron chi connectivity index (χ3n) is 3.24. The third kappa shape index (κ3) is 3.37. The third-order valence-corrected chi connectivity index (χ3v) is 3.54. The van der Waals surface area contributed by atoms with E-state index in [4.69, 9.17) is 16.3 Å². The molecule has 1 aromatic rings. The fourth-order valence-electron chi connectivity index (χ4n) is 2.22. The van der Waals surface area contributed by atoms with E-state index in [1.54, 1.807) is 13.2 Å². The van der Waals surface area contributed by atoms with Gasteiger partial charge in [0, 0.05) is 26.2 Å². The Bertz CT molecular complexity index is 467. The molecule has 104 valence electrons. The number of nitrogens with zero attached hydrogens (tertiary/aromatic N) is 1. The Labute approximate surface area is 117 Å². The average Bonchev–Trinajstić information content (AvgIpc) is 2.39. The summed E-state index contributed by atoms with van der Waals surface area (Å²) in [5, 5.41) is 12.8. The summed E-state index contributed by atoms with van der Waals surface area (Å²) < 4.78 is 5.10. The van der Waals surface area contributed by atoms with Crippen molar-refractivity contribution in [3.8, 4) is 5.75 Å². The van der Waals surface area contributed by atoms with Gasteiger partial charge in [-0.1, -0.05) is 17.7 Å². The number of methoxy groups -OCH3 is 1. The number of carboxylic acids is 1. The van der Waals surface area contributed by atoms with Crippen molar-refractivity contribution in [1.29, 1.82) is 0 Å². The summed E-state index contributed by atoms with van der Waals surface area (Å²) in [6.07, 6.45) is 0. The van der Waals surface area contributed by atoms with Crippen LogP contribution < -0.4 is 10.1 Å². The summed E-state index contributed by atoms with van der Waals surface area (Å²) >= 11 is 6.07. The number of aliphatic carboxylic acids is 1. The predicted octanol–water partition coefficient (Wildman–Crippen LogP) is 1.21. The first-order chi connectivity index (χ1) is 9.11. The molecule has 1 heterocycles. The topological polar surface area (TPSA) is 61.8 Å². The Balaban J connectivity index is 2.10. The van der Waals surface area contributed by atoms with E-state index in [0.717, 1.165) is 12.1 Å². The minimum atomic E-state index is -0.799. The standard InChI is InChI=1S/C13H17ClN2O3/c1-19-12-3-2-9(6-10(12)14)8-16-5-4-15-7-11(16)13(17)18/h2-3,6,11,15H,4-5,7-8H2,1H3,(H,17,18). The second kappa shape index (κ2) is 6.23. The van der Waals surface area contributed by atoms with Crippen LogP contribution in [0.4, 0.5) is 0 Å². The quantitative estimate of drug-likeness (QED) is 0.870. The highest BCUT2D eigenvalue weighted by atomic mass is 35.5. The van der Waals surface area contributed by atoms with Gasteiger partial charge in [-0.15, -0.1) is 0 Å². The number of ether oxygens (including phenoxy) is 1. The van der Waals surface area contributed by atoms with Crippen molar-refractivity contribution in [2.75, 3.05) is 26.7 Å². The van der Waals surface area contributed by atoms with Crippen LogP contribution in [0.3, 0.4) is 0 Å². The molecule has 1 fully saturated rings. The SMILES string of the molecule is COc1ccc(CN2CCNCC2C(=O)O)cc1Cl. The number of carboxylic acid groups (broad SMARTS) is 1. The first kappa shape index (κ1) is 14.1. The van der Waals surface area contributed by atoms with Crippen molar-refractivity contribution in [1.82, 2.24) is 10.2 Å². The Hall–Kier alpha value is -1.30. The monoisotopic (exact) mass is 284 g/mol. The van der Waals surface area contributed by atoms with Crippen molar-refractivity contribution < 1.29 is 14.6 Å². The number of carbonyl (C=O) groups is 1. The van der Waals surface area contributed by atoms with E-state index in [1.165, 1.54) is 0 Å². The zero-order valence-corrected chi connectivity index (χ0v) is 11.5. The average molecular weight is 285 g/mol. The van der Waals surface area contributed by atoms with Crippen molar-refractivity contribution in [3.05, 3.63) is 28.8 Å². The van der Waals surface area contributed by atoms with Crippen LogP contribution in [0.25, 0.3) is 0 Å². The molecule has 1 atom stereocenters. The number of rotatable bonds is 4. The Morgan fingerprint density at radius 3 is 3.05 bits per heavy atom. The molecule has 1 aliphatic rings. The van der Waals surface area contributed by atoms with E-state index in [0.29, 0.717) is 30.4 Å². The lowest BCUT2D eigenvalue weighted by molar-refractivity contribution is -0.144. The minimum Gasteiger partial charge on any atom is -0.495 e. The second-order valence-corrected chi connectivity index (χ2v) is 4.90. The van der Waals surface area contributed by atoms with Gasteiger partial charge in [0.1, 0.15) is 11.8 Å². The molecule has 0 amide bonds. The molecule has 2 rings (SSSR count). The predicted molar refractivity (Wildman–Crippen MR) is 72.7 cm³/mol. The molecule has 0 spiro atoms. The summed E-state index contributed by atoms with van der Waals surface area (Å²) in [6, 6.07) is 5.04. The van der Waals surface area contributed by atoms with Crippen LogP contribution in [0.15, 0.2) is 18.2 Å². The van der Waals surface area contributed by atoms with Crippen molar-refractivity contribution in [3.63, 3.8) is 0 Å². The number of benzene rings is 1. The molecule has 6 heteroatoms. The maximum absolute atomic E-state index is 11.2. The zero-order valence-electron chi connectivity index (χ0n) is 10.7. The molecule has 19 heavy (non-hydrogen) atoms. The molecule has 0 bridgehead atoms. The van der Waals surface area contributed by atoms with Gasteiger partial charge in [-0.25, -0.2) is 0 Å². The highest BCUT2D eigenvalue weighted by Gasteiger charge is 2.28. The second-order valence-electron chi connectivity index (χ2n) is 4.50. The fraction of sp³-hybridized carbons (Fsp3) is 0.462. The summed E-state index contributed by atoms with van der Waals surface area (Å²) in [5.74, 6) is -0.174. The van der Waals surface area contributed by atoms with Crippen LogP contribution in [0.2, 0.25) is 5.02 Å². The largest absolute Gasteiger partial charge is 0.495 e. The van der Waals surface area contributed by atoms with E-state index >= 15 is 0 Å². The first-order valence-corrected chi connectivity index (χ1v) is 6.49. The molecule has 1 aromatic carbocycles. The van der Waals surface area contributed by atoms with Gasteiger partial charge in [-0.05, 0) is 17.7 Å². The van der Waals surface area contributed by atoms with Gasteiger partial charge < -0.3 is 15.2 Å². The van der Waals surface area contributed by atoms with Crippen molar-refractivity contribution in [2.24, 2.45) is 0 Å². The summed E-state index contributed by atoms with van der Waals surface area (Å²) in [4.78, 5) is 13.1. The molecule has 0 aliphatic carbocycles. The minimum absolute atomic E-state index is 0.471. The van der Waals surface area contributed by atoms with Crippen molar-refractivity contribution >= 4 is 17.6 Å². The highest BCUT2D eigenvalue weighted by Crippen LogP contribution is 2.25. The van der Waals surface area contributed by atoms with E-state index in [1.807, 2.05) is 17.0 Å². The smallest absolute Gasteiger partial charge is 0.322 e. The highest BCUT2D eigenvalue weighted by molar-refractivity contribution is 6.32. The Morgan fingerprint density at radius 1 is 1.63 bits per heavy atom. The number of hydrogen-bond acceptors (Lipinski definition) is 4. The lowest BCUT2D eigenvalue weighted by Crippen LogP contribution is -2.54. The van der Waals surface area contributed by atoms with Crippen LogP contribution in [-0.2, 0) is 11.3 Å². The van der Waals surface area contributed by atoms with Crippen molar-refractivity contribution in [2.45, 2.75) is 12.6 Å². The molecule has 0 radical (unpaired) electrons. The molecule has 1 saturated heterocycles. The molecule has 1 unspecified atom stereocenters. The maximum Gasteiger partial charge on any atom is 0.322 e. The Kier molecular flexibility index (Phi) is 4.63. The normalized spacial score (nSPS) is 20.2. The van der Waals surface area contributed by atoms with Crippen LogP contribution in [-0.4, -0.2) is 48.8 Å². The zero-order chi connectivity index (χ0) is 13.8. The van der Waals surface area contributed by atoms with Gasteiger partial charge >= 0.3 is 5.97 Å². The van der Waals surface area contributed by atoms with Crippen LogP contribution in [0, 0.1) is 0 Å². The van der Waals surface area contributed by atoms with Crippen LogP contribution >= 0.6 is 11.6 Å². The van der Waals surface area contributed by atoms with Gasteiger partial charge in [0.05, 0.1) is 12.1 Å². The lowest BCUT2D eigenvalue weighted by atomic mass is 10.1. The Morgan fingerprint density at radius 2 is 2.42 bits per heavy atom. The fourth-order valence-corrected chi connectivity index (χ4v) is 2.50. The number of hydrogen-bond donors (Lipinski definition) is 2. The van der Waals surface area contributed by atoms with E-state index < -0.39 is 12.0 Å². The van der Waals surface area contributed by atoms with E-state index in [-0.39, 0.29) is 0 Å². The molecule has 1 aliphatic heterocycles. The lowest BCUT2D eigenvalue weighted by Gasteiger charge is -2.33.